The zero-order valence-corrected chi connectivity index (χ0v) is 13.4. The molecule has 6 nitrogen and oxygen atoms in total. The Bertz CT molecular complexity index is 589. The molecule has 21 heavy (non-hydrogen) atoms. The van der Waals surface area contributed by atoms with Gasteiger partial charge in [0, 0.05) is 6.54 Å². The molecule has 1 atom stereocenters. The van der Waals surface area contributed by atoms with Crippen molar-refractivity contribution in [2.24, 2.45) is 16.3 Å². The van der Waals surface area contributed by atoms with Gasteiger partial charge in [0.05, 0.1) is 10.9 Å². The van der Waals surface area contributed by atoms with Crippen LogP contribution in [0.1, 0.15) is 26.3 Å². The molecular formula is C14H23N3O3S. The van der Waals surface area contributed by atoms with Crippen molar-refractivity contribution in [1.29, 1.82) is 0 Å². The summed E-state index contributed by atoms with van der Waals surface area (Å²) in [7, 11) is -3.67. The maximum absolute atomic E-state index is 11.8. The number of hydrogen-bond donors (Lipinski definition) is 3. The van der Waals surface area contributed by atoms with E-state index >= 15 is 0 Å². The van der Waals surface area contributed by atoms with Crippen LogP contribution in [0.5, 0.6) is 0 Å². The lowest BCUT2D eigenvalue weighted by Crippen LogP contribution is -2.48. The Labute approximate surface area is 126 Å². The number of hydrogen-bond acceptors (Lipinski definition) is 4. The van der Waals surface area contributed by atoms with Gasteiger partial charge in [-0.05, 0) is 29.5 Å². The number of nitrogens with two attached hydrogens (primary N) is 2. The molecule has 1 aromatic rings. The van der Waals surface area contributed by atoms with Crippen LogP contribution in [0.15, 0.2) is 29.2 Å². The number of carbonyl (C=O) groups excluding carboxylic acids is 1. The predicted molar refractivity (Wildman–Crippen MR) is 82.0 cm³/mol. The van der Waals surface area contributed by atoms with Crippen molar-refractivity contribution < 1.29 is 13.2 Å². The highest BCUT2D eigenvalue weighted by atomic mass is 32.2. The zero-order chi connectivity index (χ0) is 16.3. The van der Waals surface area contributed by atoms with E-state index in [1.807, 2.05) is 20.8 Å². The van der Waals surface area contributed by atoms with Crippen LogP contribution in [0.4, 0.5) is 0 Å². The fourth-order valence-corrected chi connectivity index (χ4v) is 2.19. The number of carbonyl (C=O) groups is 1. The Balaban J connectivity index is 2.52. The van der Waals surface area contributed by atoms with Crippen molar-refractivity contribution in [1.82, 2.24) is 5.32 Å². The predicted octanol–water partition coefficient (Wildman–Crippen LogP) is 0.366. The third kappa shape index (κ3) is 5.45. The summed E-state index contributed by atoms with van der Waals surface area (Å²) >= 11 is 0. The molecule has 0 radical (unpaired) electrons. The van der Waals surface area contributed by atoms with E-state index in [0.717, 1.165) is 5.56 Å². The molecule has 0 bridgehead atoms. The quantitative estimate of drug-likeness (QED) is 0.728. The first kappa shape index (κ1) is 17.6. The molecule has 1 amide bonds. The van der Waals surface area contributed by atoms with Crippen molar-refractivity contribution in [3.05, 3.63) is 29.8 Å². The van der Waals surface area contributed by atoms with E-state index in [4.69, 9.17) is 10.9 Å². The molecule has 0 heterocycles. The zero-order valence-electron chi connectivity index (χ0n) is 12.6. The van der Waals surface area contributed by atoms with E-state index in [1.54, 1.807) is 12.1 Å². The fourth-order valence-electron chi connectivity index (χ4n) is 1.68. The van der Waals surface area contributed by atoms with E-state index < -0.39 is 16.1 Å². The highest BCUT2D eigenvalue weighted by molar-refractivity contribution is 7.89. The second-order valence-electron chi connectivity index (χ2n) is 6.07. The monoisotopic (exact) mass is 313 g/mol. The van der Waals surface area contributed by atoms with Crippen LogP contribution in [-0.4, -0.2) is 26.9 Å². The Hall–Kier alpha value is -1.44. The summed E-state index contributed by atoms with van der Waals surface area (Å²) in [5.74, 6) is -0.191. The molecule has 0 fully saturated rings. The molecule has 0 aliphatic heterocycles. The SMILES string of the molecule is CC(C)(C)C(N)C(=O)NCCc1ccc(S(N)(=O)=O)cc1. The molecule has 1 rings (SSSR count). The second kappa shape index (κ2) is 6.55. The summed E-state index contributed by atoms with van der Waals surface area (Å²) in [6, 6.07) is 5.69. The minimum atomic E-state index is -3.67. The van der Waals surface area contributed by atoms with Crippen molar-refractivity contribution in [2.75, 3.05) is 6.54 Å². The van der Waals surface area contributed by atoms with Gasteiger partial charge in [-0.15, -0.1) is 0 Å². The molecule has 1 aromatic carbocycles. The average molecular weight is 313 g/mol. The third-order valence-corrected chi connectivity index (χ3v) is 4.11. The van der Waals surface area contributed by atoms with Gasteiger partial charge in [-0.3, -0.25) is 4.79 Å². The van der Waals surface area contributed by atoms with Gasteiger partial charge in [0.15, 0.2) is 0 Å². The highest BCUT2D eigenvalue weighted by Crippen LogP contribution is 2.17. The van der Waals surface area contributed by atoms with E-state index in [2.05, 4.69) is 5.32 Å². The molecular weight excluding hydrogens is 290 g/mol. The first-order chi connectivity index (χ1) is 9.51. The molecule has 0 aliphatic carbocycles. The Morgan fingerprint density at radius 3 is 2.19 bits per heavy atom. The number of sulfonamides is 1. The number of primary sulfonamides is 1. The Morgan fingerprint density at radius 1 is 1.24 bits per heavy atom. The highest BCUT2D eigenvalue weighted by Gasteiger charge is 2.26. The van der Waals surface area contributed by atoms with Crippen LogP contribution in [0.25, 0.3) is 0 Å². The summed E-state index contributed by atoms with van der Waals surface area (Å²) in [6.45, 7) is 6.16. The van der Waals surface area contributed by atoms with Crippen LogP contribution in [0, 0.1) is 5.41 Å². The number of benzene rings is 1. The Morgan fingerprint density at radius 2 is 1.76 bits per heavy atom. The molecule has 0 aliphatic rings. The summed E-state index contributed by atoms with van der Waals surface area (Å²) in [4.78, 5) is 11.9. The summed E-state index contributed by atoms with van der Waals surface area (Å²) in [5.41, 5.74) is 6.47. The van der Waals surface area contributed by atoms with Gasteiger partial charge in [-0.2, -0.15) is 0 Å². The molecule has 7 heteroatoms. The molecule has 0 saturated heterocycles. The van der Waals surface area contributed by atoms with Crippen molar-refractivity contribution in [3.8, 4) is 0 Å². The van der Waals surface area contributed by atoms with Gasteiger partial charge >= 0.3 is 0 Å². The van der Waals surface area contributed by atoms with Gasteiger partial charge < -0.3 is 11.1 Å². The number of amides is 1. The van der Waals surface area contributed by atoms with Crippen molar-refractivity contribution in [3.63, 3.8) is 0 Å². The minimum Gasteiger partial charge on any atom is -0.354 e. The summed E-state index contributed by atoms with van der Waals surface area (Å²) < 4.78 is 22.2. The van der Waals surface area contributed by atoms with Crippen LogP contribution in [0.2, 0.25) is 0 Å². The molecule has 0 saturated carbocycles. The molecule has 0 aromatic heterocycles. The summed E-state index contributed by atoms with van der Waals surface area (Å²) in [5, 5.41) is 7.80. The van der Waals surface area contributed by atoms with Crippen molar-refractivity contribution >= 4 is 15.9 Å². The van der Waals surface area contributed by atoms with Crippen molar-refractivity contribution in [2.45, 2.75) is 38.1 Å². The largest absolute Gasteiger partial charge is 0.354 e. The summed E-state index contributed by atoms with van der Waals surface area (Å²) in [6.07, 6.45) is 0.591. The number of nitrogens with one attached hydrogen (secondary N) is 1. The van der Waals surface area contributed by atoms with Gasteiger partial charge in [0.25, 0.3) is 0 Å². The van der Waals surface area contributed by atoms with Crippen LogP contribution >= 0.6 is 0 Å². The van der Waals surface area contributed by atoms with E-state index in [-0.39, 0.29) is 16.2 Å². The van der Waals surface area contributed by atoms with Crippen LogP contribution in [0.3, 0.4) is 0 Å². The fraction of sp³-hybridized carbons (Fsp3) is 0.500. The van der Waals surface area contributed by atoms with Gasteiger partial charge in [-0.25, -0.2) is 13.6 Å². The second-order valence-corrected chi connectivity index (χ2v) is 7.64. The maximum atomic E-state index is 11.8. The normalized spacial score (nSPS) is 13.8. The van der Waals surface area contributed by atoms with Crippen LogP contribution < -0.4 is 16.2 Å². The smallest absolute Gasteiger partial charge is 0.238 e. The lowest BCUT2D eigenvalue weighted by atomic mass is 9.87. The first-order valence-corrected chi connectivity index (χ1v) is 8.21. The standard InChI is InChI=1S/C14H23N3O3S/c1-14(2,3)12(15)13(18)17-9-8-10-4-6-11(7-5-10)21(16,19)20/h4-7,12H,8-9,15H2,1-3H3,(H,17,18)(H2,16,19,20). The lowest BCUT2D eigenvalue weighted by Gasteiger charge is -2.25. The average Bonchev–Trinajstić information content (AvgIpc) is 2.36. The van der Waals surface area contributed by atoms with Gasteiger partial charge in [-0.1, -0.05) is 32.9 Å². The molecule has 0 spiro atoms. The topological polar surface area (TPSA) is 115 Å². The molecule has 1 unspecified atom stereocenters. The first-order valence-electron chi connectivity index (χ1n) is 6.67. The molecule has 118 valence electrons. The van der Waals surface area contributed by atoms with Gasteiger partial charge in [0.2, 0.25) is 15.9 Å². The third-order valence-electron chi connectivity index (χ3n) is 3.18. The van der Waals surface area contributed by atoms with E-state index in [1.165, 1.54) is 12.1 Å². The van der Waals surface area contributed by atoms with E-state index in [0.29, 0.717) is 13.0 Å². The molecule has 5 N–H and O–H groups in total. The minimum absolute atomic E-state index is 0.0741. The Kier molecular flexibility index (Phi) is 5.49. The van der Waals surface area contributed by atoms with Gasteiger partial charge in [0.1, 0.15) is 0 Å². The van der Waals surface area contributed by atoms with Crippen LogP contribution in [-0.2, 0) is 21.2 Å². The maximum Gasteiger partial charge on any atom is 0.238 e. The van der Waals surface area contributed by atoms with E-state index in [9.17, 15) is 13.2 Å². The lowest BCUT2D eigenvalue weighted by molar-refractivity contribution is -0.124. The number of rotatable bonds is 5.